The maximum Gasteiger partial charge on any atom is 0.220 e. The number of nitrogens with one attached hydrogen (secondary N) is 1. The average Bonchev–Trinajstić information content (AvgIpc) is 3.39. The van der Waals surface area contributed by atoms with Gasteiger partial charge in [0.25, 0.3) is 0 Å². The molecule has 0 fully saturated rings. The second kappa shape index (κ2) is 62.6. The summed E-state index contributed by atoms with van der Waals surface area (Å²) in [6.07, 6.45) is 93.1. The molecule has 0 rings (SSSR count). The summed E-state index contributed by atoms with van der Waals surface area (Å²) in [7, 11) is 0. The third-order valence-electron chi connectivity index (χ3n) is 14.1. The minimum absolute atomic E-state index is 0.0708. The Bertz CT molecular complexity index is 1320. The maximum absolute atomic E-state index is 12.5. The molecular formula is C68H121NO3. The molecule has 3 N–H and O–H groups in total. The van der Waals surface area contributed by atoms with Crippen LogP contribution in [0.2, 0.25) is 0 Å². The number of aliphatic hydroxyl groups is 2. The van der Waals surface area contributed by atoms with Gasteiger partial charge in [0.05, 0.1) is 18.8 Å². The summed E-state index contributed by atoms with van der Waals surface area (Å²) in [5, 5.41) is 23.3. The number of hydrogen-bond acceptors (Lipinski definition) is 3. The van der Waals surface area contributed by atoms with Crippen molar-refractivity contribution in [2.24, 2.45) is 0 Å². The molecule has 1 amide bonds. The molecule has 4 nitrogen and oxygen atoms in total. The molecule has 0 saturated heterocycles. The minimum Gasteiger partial charge on any atom is -0.394 e. The molecule has 0 aliphatic heterocycles. The van der Waals surface area contributed by atoms with E-state index >= 15 is 0 Å². The van der Waals surface area contributed by atoms with Crippen LogP contribution < -0.4 is 5.32 Å². The van der Waals surface area contributed by atoms with Gasteiger partial charge in [-0.05, 0) is 77.0 Å². The fraction of sp³-hybridized carbons (Fsp3) is 0.750. The Morgan fingerprint density at radius 1 is 0.347 bits per heavy atom. The van der Waals surface area contributed by atoms with Crippen LogP contribution in [0.3, 0.4) is 0 Å². The molecule has 0 aliphatic carbocycles. The lowest BCUT2D eigenvalue weighted by molar-refractivity contribution is -0.123. The van der Waals surface area contributed by atoms with Crippen molar-refractivity contribution in [3.05, 3.63) is 97.2 Å². The highest BCUT2D eigenvalue weighted by molar-refractivity contribution is 5.76. The van der Waals surface area contributed by atoms with Gasteiger partial charge in [0.1, 0.15) is 0 Å². The first-order chi connectivity index (χ1) is 35.7. The zero-order valence-corrected chi connectivity index (χ0v) is 47.9. The smallest absolute Gasteiger partial charge is 0.220 e. The van der Waals surface area contributed by atoms with Crippen molar-refractivity contribution < 1.29 is 15.0 Å². The van der Waals surface area contributed by atoms with Gasteiger partial charge in [0, 0.05) is 6.42 Å². The molecule has 416 valence electrons. The number of rotatable bonds is 57. The van der Waals surface area contributed by atoms with Crippen LogP contribution in [0.4, 0.5) is 0 Å². The monoisotopic (exact) mass is 1000 g/mol. The van der Waals surface area contributed by atoms with Gasteiger partial charge >= 0.3 is 0 Å². The van der Waals surface area contributed by atoms with Gasteiger partial charge in [-0.2, -0.15) is 0 Å². The van der Waals surface area contributed by atoms with E-state index in [4.69, 9.17) is 0 Å². The largest absolute Gasteiger partial charge is 0.394 e. The Labute approximate surface area is 449 Å². The van der Waals surface area contributed by atoms with E-state index in [0.717, 1.165) is 70.6 Å². The fourth-order valence-electron chi connectivity index (χ4n) is 9.34. The average molecular weight is 1000 g/mol. The molecule has 2 atom stereocenters. The van der Waals surface area contributed by atoms with Gasteiger partial charge < -0.3 is 15.5 Å². The molecule has 0 aliphatic rings. The van der Waals surface area contributed by atoms with E-state index in [0.29, 0.717) is 6.42 Å². The van der Waals surface area contributed by atoms with Crippen molar-refractivity contribution in [1.82, 2.24) is 5.32 Å². The van der Waals surface area contributed by atoms with E-state index in [9.17, 15) is 15.0 Å². The SMILES string of the molecule is CC/C=C\C/C=C\C/C=C\C/C=C\C/C=C\C/C=C\C/C=C\CCCCCCCCCCCC(=O)NC(CO)C(O)/C=C/CCCCCCCCCCCCCCCCCCCCCCCCCCCCC. The summed E-state index contributed by atoms with van der Waals surface area (Å²) in [6, 6.07) is -0.634. The van der Waals surface area contributed by atoms with Crippen molar-refractivity contribution in [2.75, 3.05) is 6.61 Å². The van der Waals surface area contributed by atoms with Crippen LogP contribution in [0.15, 0.2) is 97.2 Å². The molecule has 0 saturated carbocycles. The van der Waals surface area contributed by atoms with Gasteiger partial charge in [0.15, 0.2) is 0 Å². The zero-order chi connectivity index (χ0) is 52.0. The van der Waals surface area contributed by atoms with Crippen molar-refractivity contribution >= 4 is 5.91 Å². The molecule has 0 heterocycles. The van der Waals surface area contributed by atoms with E-state index in [2.05, 4.69) is 104 Å². The number of hydrogen-bond donors (Lipinski definition) is 3. The second-order valence-corrected chi connectivity index (χ2v) is 21.1. The van der Waals surface area contributed by atoms with Crippen LogP contribution in [0.25, 0.3) is 0 Å². The number of allylic oxidation sites excluding steroid dienone is 15. The molecule has 72 heavy (non-hydrogen) atoms. The molecule has 0 aromatic rings. The Kier molecular flexibility index (Phi) is 60.3. The Morgan fingerprint density at radius 2 is 0.611 bits per heavy atom. The van der Waals surface area contributed by atoms with E-state index in [1.807, 2.05) is 6.08 Å². The number of carbonyl (C=O) groups excluding carboxylic acids is 1. The van der Waals surface area contributed by atoms with Crippen LogP contribution in [-0.4, -0.2) is 34.9 Å². The fourth-order valence-corrected chi connectivity index (χ4v) is 9.34. The van der Waals surface area contributed by atoms with Crippen molar-refractivity contribution in [2.45, 2.75) is 321 Å². The Hall–Kier alpha value is -2.69. The predicted molar refractivity (Wildman–Crippen MR) is 322 cm³/mol. The topological polar surface area (TPSA) is 69.6 Å². The first-order valence-corrected chi connectivity index (χ1v) is 31.5. The Balaban J connectivity index is 3.54. The molecular weight excluding hydrogens is 879 g/mol. The summed E-state index contributed by atoms with van der Waals surface area (Å²) < 4.78 is 0. The van der Waals surface area contributed by atoms with Crippen LogP contribution in [0, 0.1) is 0 Å². The second-order valence-electron chi connectivity index (χ2n) is 21.1. The number of aliphatic hydroxyl groups excluding tert-OH is 2. The first-order valence-electron chi connectivity index (χ1n) is 31.5. The highest BCUT2D eigenvalue weighted by Crippen LogP contribution is 2.17. The van der Waals surface area contributed by atoms with Gasteiger partial charge in [-0.25, -0.2) is 0 Å². The number of carbonyl (C=O) groups is 1. The normalized spacial score (nSPS) is 13.4. The third-order valence-corrected chi connectivity index (χ3v) is 14.1. The lowest BCUT2D eigenvalue weighted by atomic mass is 10.0. The van der Waals surface area contributed by atoms with E-state index in [1.165, 1.54) is 218 Å². The van der Waals surface area contributed by atoms with Crippen LogP contribution in [0.1, 0.15) is 309 Å². The molecule has 0 aromatic heterocycles. The van der Waals surface area contributed by atoms with Crippen molar-refractivity contribution in [1.29, 1.82) is 0 Å². The lowest BCUT2D eigenvalue weighted by Gasteiger charge is -2.20. The van der Waals surface area contributed by atoms with Crippen LogP contribution in [-0.2, 0) is 4.79 Å². The molecule has 4 heteroatoms. The third kappa shape index (κ3) is 58.2. The van der Waals surface area contributed by atoms with Crippen LogP contribution in [0.5, 0.6) is 0 Å². The molecule has 0 aromatic carbocycles. The van der Waals surface area contributed by atoms with Gasteiger partial charge in [-0.1, -0.05) is 323 Å². The molecule has 2 unspecified atom stereocenters. The number of amides is 1. The van der Waals surface area contributed by atoms with Gasteiger partial charge in [-0.15, -0.1) is 0 Å². The summed E-state index contributed by atoms with van der Waals surface area (Å²) in [5.41, 5.74) is 0. The first kappa shape index (κ1) is 69.3. The van der Waals surface area contributed by atoms with Crippen LogP contribution >= 0.6 is 0 Å². The number of unbranched alkanes of at least 4 members (excludes halogenated alkanes) is 36. The summed E-state index contributed by atoms with van der Waals surface area (Å²) in [5.74, 6) is -0.0708. The maximum atomic E-state index is 12.5. The van der Waals surface area contributed by atoms with Crippen molar-refractivity contribution in [3.8, 4) is 0 Å². The predicted octanol–water partition coefficient (Wildman–Crippen LogP) is 21.3. The zero-order valence-electron chi connectivity index (χ0n) is 47.9. The van der Waals surface area contributed by atoms with E-state index in [-0.39, 0.29) is 12.5 Å². The summed E-state index contributed by atoms with van der Waals surface area (Å²) >= 11 is 0. The van der Waals surface area contributed by atoms with E-state index < -0.39 is 12.1 Å². The quantitative estimate of drug-likeness (QED) is 0.0420. The van der Waals surface area contributed by atoms with Gasteiger partial charge in [-0.3, -0.25) is 4.79 Å². The van der Waals surface area contributed by atoms with Crippen molar-refractivity contribution in [3.63, 3.8) is 0 Å². The molecule has 0 spiro atoms. The summed E-state index contributed by atoms with van der Waals surface area (Å²) in [6.45, 7) is 4.21. The Morgan fingerprint density at radius 3 is 0.917 bits per heavy atom. The van der Waals surface area contributed by atoms with Gasteiger partial charge in [0.2, 0.25) is 5.91 Å². The highest BCUT2D eigenvalue weighted by atomic mass is 16.3. The van der Waals surface area contributed by atoms with E-state index in [1.54, 1.807) is 6.08 Å². The lowest BCUT2D eigenvalue weighted by Crippen LogP contribution is -2.45. The molecule has 0 radical (unpaired) electrons. The minimum atomic E-state index is -0.850. The highest BCUT2D eigenvalue weighted by Gasteiger charge is 2.18. The summed E-state index contributed by atoms with van der Waals surface area (Å²) in [4.78, 5) is 12.5. The molecule has 0 bridgehead atoms. The standard InChI is InChI=1S/C68H121NO3/c1-3-5-7-9-11-13-15-17-19-21-23-25-27-29-31-33-34-36-38-40-42-44-46-48-50-52-54-56-58-60-62-64-68(72)69-66(65-70)67(71)63-61-59-57-55-53-51-49-47-45-43-41-39-37-35-32-30-28-26-24-22-20-18-16-14-12-10-8-6-4-2/h5,7,11,13,17,19,23,25,29,31,34,36,40,42,61,63,66-67,70-71H,3-4,6,8-10,12,14-16,18,20-22,24,26-28,30,32-33,35,37-39,41,43-60,62,64-65H2,1-2H3,(H,69,72)/b7-5-,13-11-,19-17-,25-23-,31-29-,36-34-,42-40-,63-61+.